The Morgan fingerprint density at radius 3 is 2.28 bits per heavy atom. The molecule has 1 aliphatic carbocycles. The molecule has 0 amide bonds. The third-order valence-electron chi connectivity index (χ3n) is 3.12. The van der Waals surface area contributed by atoms with Gasteiger partial charge in [-0.1, -0.05) is 31.4 Å². The summed E-state index contributed by atoms with van der Waals surface area (Å²) in [5.74, 6) is 0.376. The molecule has 0 aromatic heterocycles. The van der Waals surface area contributed by atoms with Crippen LogP contribution in [0.25, 0.3) is 0 Å². The summed E-state index contributed by atoms with van der Waals surface area (Å²) in [6, 6.07) is 0. The second-order valence-electron chi connectivity index (χ2n) is 4.56. The van der Waals surface area contributed by atoms with E-state index in [1.54, 1.807) is 0 Å². The lowest BCUT2D eigenvalue weighted by Crippen LogP contribution is -2.38. The van der Waals surface area contributed by atoms with Gasteiger partial charge in [0, 0.05) is 13.6 Å². The number of alkyl halides is 3. The zero-order chi connectivity index (χ0) is 13.8. The Morgan fingerprint density at radius 2 is 1.78 bits per heavy atom. The number of allylic oxidation sites excluding steroid dienone is 1. The largest absolute Gasteiger partial charge is 0.511 e. The second kappa shape index (κ2) is 6.06. The topological polar surface area (TPSA) is 37.4 Å². The zero-order valence-electron chi connectivity index (χ0n) is 10.3. The van der Waals surface area contributed by atoms with Crippen molar-refractivity contribution in [3.05, 3.63) is 12.2 Å². The summed E-state index contributed by atoms with van der Waals surface area (Å²) in [6.07, 6.45) is 8.88. The van der Waals surface area contributed by atoms with Gasteiger partial charge in [0.15, 0.2) is 0 Å². The first-order valence-corrected chi connectivity index (χ1v) is 7.38. The Kier molecular flexibility index (Phi) is 5.21. The number of rotatable bonds is 4. The fourth-order valence-corrected chi connectivity index (χ4v) is 2.64. The third kappa shape index (κ3) is 3.98. The van der Waals surface area contributed by atoms with E-state index in [0.717, 1.165) is 32.7 Å². The quantitative estimate of drug-likeness (QED) is 0.745. The van der Waals surface area contributed by atoms with E-state index in [2.05, 4.69) is 0 Å². The minimum Gasteiger partial charge on any atom is -0.203 e. The smallest absolute Gasteiger partial charge is 0.203 e. The first kappa shape index (κ1) is 15.5. The molecule has 0 N–H and O–H groups in total. The lowest BCUT2D eigenvalue weighted by molar-refractivity contribution is -0.0480. The summed E-state index contributed by atoms with van der Waals surface area (Å²) in [4.78, 5) is 0. The number of nitrogens with zero attached hydrogens (tertiary/aromatic N) is 1. The molecule has 7 heteroatoms. The van der Waals surface area contributed by atoms with Crippen LogP contribution in [0.5, 0.6) is 0 Å². The Balaban J connectivity index is 2.50. The van der Waals surface area contributed by atoms with E-state index in [4.69, 9.17) is 0 Å². The summed E-state index contributed by atoms with van der Waals surface area (Å²) < 4.78 is 59.0. The van der Waals surface area contributed by atoms with Crippen molar-refractivity contribution in [2.75, 3.05) is 13.6 Å². The van der Waals surface area contributed by atoms with Gasteiger partial charge in [0.1, 0.15) is 0 Å². The minimum atomic E-state index is -5.22. The standard InChI is InChI=1S/C11H18F3NO2S/c1-15(18(16,17)11(12,13)14)9-5-8-10-6-3-2-4-7-10/h5,8,10H,2-4,6-7,9H2,1H3/b8-5+. The highest BCUT2D eigenvalue weighted by Crippen LogP contribution is 2.26. The van der Waals surface area contributed by atoms with Gasteiger partial charge in [-0.05, 0) is 18.8 Å². The van der Waals surface area contributed by atoms with Gasteiger partial charge in [-0.15, -0.1) is 0 Å². The molecule has 0 spiro atoms. The molecular weight excluding hydrogens is 267 g/mol. The summed E-state index contributed by atoms with van der Waals surface area (Å²) in [6.45, 7) is -0.238. The zero-order valence-corrected chi connectivity index (χ0v) is 11.1. The molecular formula is C11H18F3NO2S. The fraction of sp³-hybridized carbons (Fsp3) is 0.818. The van der Waals surface area contributed by atoms with Crippen molar-refractivity contribution in [1.82, 2.24) is 4.31 Å². The van der Waals surface area contributed by atoms with Gasteiger partial charge in [0.25, 0.3) is 0 Å². The predicted octanol–water partition coefficient (Wildman–Crippen LogP) is 2.90. The molecule has 0 bridgehead atoms. The van der Waals surface area contributed by atoms with E-state index in [1.807, 2.05) is 6.08 Å². The van der Waals surface area contributed by atoms with Gasteiger partial charge in [-0.2, -0.15) is 17.5 Å². The highest BCUT2D eigenvalue weighted by molar-refractivity contribution is 7.89. The van der Waals surface area contributed by atoms with Crippen LogP contribution in [-0.4, -0.2) is 31.8 Å². The number of likely N-dealkylation sites (N-methyl/N-ethyl adjacent to an activating group) is 1. The average molecular weight is 285 g/mol. The van der Waals surface area contributed by atoms with Crippen LogP contribution in [0.15, 0.2) is 12.2 Å². The molecule has 0 aliphatic heterocycles. The fourth-order valence-electron chi connectivity index (χ4n) is 2.00. The van der Waals surface area contributed by atoms with Crippen LogP contribution in [0.2, 0.25) is 0 Å². The average Bonchev–Trinajstić information content (AvgIpc) is 2.28. The number of hydrogen-bond acceptors (Lipinski definition) is 2. The molecule has 0 aromatic rings. The number of sulfonamides is 1. The first-order chi connectivity index (χ1) is 8.25. The van der Waals surface area contributed by atoms with Gasteiger partial charge >= 0.3 is 15.5 Å². The SMILES string of the molecule is CN(C/C=C/C1CCCCC1)S(=O)(=O)C(F)(F)F. The highest BCUT2D eigenvalue weighted by atomic mass is 32.2. The summed E-state index contributed by atoms with van der Waals surface area (Å²) >= 11 is 0. The molecule has 1 aliphatic rings. The summed E-state index contributed by atoms with van der Waals surface area (Å²) in [5.41, 5.74) is -5.22. The molecule has 0 saturated heterocycles. The Hall–Kier alpha value is -0.560. The lowest BCUT2D eigenvalue weighted by Gasteiger charge is -2.19. The molecule has 106 valence electrons. The Labute approximate surface area is 106 Å². The van der Waals surface area contributed by atoms with E-state index in [1.165, 1.54) is 12.5 Å². The molecule has 1 fully saturated rings. The van der Waals surface area contributed by atoms with Crippen LogP contribution in [0, 0.1) is 5.92 Å². The summed E-state index contributed by atoms with van der Waals surface area (Å²) in [5, 5.41) is 0. The van der Waals surface area contributed by atoms with Crippen LogP contribution >= 0.6 is 0 Å². The van der Waals surface area contributed by atoms with E-state index in [-0.39, 0.29) is 6.54 Å². The van der Waals surface area contributed by atoms with Crippen molar-refractivity contribution < 1.29 is 21.6 Å². The molecule has 0 aromatic carbocycles. The maximum Gasteiger partial charge on any atom is 0.511 e. The van der Waals surface area contributed by atoms with Gasteiger partial charge in [-0.25, -0.2) is 8.42 Å². The van der Waals surface area contributed by atoms with E-state index >= 15 is 0 Å². The van der Waals surface area contributed by atoms with E-state index < -0.39 is 15.5 Å². The predicted molar refractivity (Wildman–Crippen MR) is 63.3 cm³/mol. The molecule has 0 unspecified atom stereocenters. The lowest BCUT2D eigenvalue weighted by atomic mass is 9.89. The van der Waals surface area contributed by atoms with Crippen LogP contribution in [-0.2, 0) is 10.0 Å². The molecule has 0 atom stereocenters. The molecule has 3 nitrogen and oxygen atoms in total. The van der Waals surface area contributed by atoms with E-state index in [0.29, 0.717) is 10.2 Å². The maximum atomic E-state index is 12.2. The molecule has 1 rings (SSSR count). The van der Waals surface area contributed by atoms with Gasteiger partial charge in [0.2, 0.25) is 0 Å². The van der Waals surface area contributed by atoms with Crippen LogP contribution in [0.3, 0.4) is 0 Å². The van der Waals surface area contributed by atoms with Gasteiger partial charge in [0.05, 0.1) is 0 Å². The highest BCUT2D eigenvalue weighted by Gasteiger charge is 2.48. The minimum absolute atomic E-state index is 0.238. The maximum absolute atomic E-state index is 12.2. The van der Waals surface area contributed by atoms with Crippen LogP contribution in [0.1, 0.15) is 32.1 Å². The molecule has 18 heavy (non-hydrogen) atoms. The van der Waals surface area contributed by atoms with E-state index in [9.17, 15) is 21.6 Å². The number of hydrogen-bond donors (Lipinski definition) is 0. The van der Waals surface area contributed by atoms with Gasteiger partial charge < -0.3 is 0 Å². The Bertz CT molecular complexity index is 384. The van der Waals surface area contributed by atoms with Crippen LogP contribution in [0.4, 0.5) is 13.2 Å². The Morgan fingerprint density at radius 1 is 1.22 bits per heavy atom. The molecule has 1 saturated carbocycles. The third-order valence-corrected chi connectivity index (χ3v) is 4.68. The normalized spacial score (nSPS) is 19.8. The molecule has 0 radical (unpaired) electrons. The second-order valence-corrected chi connectivity index (χ2v) is 6.59. The summed E-state index contributed by atoms with van der Waals surface area (Å²) in [7, 11) is -4.26. The van der Waals surface area contributed by atoms with Crippen molar-refractivity contribution in [3.63, 3.8) is 0 Å². The van der Waals surface area contributed by atoms with Crippen molar-refractivity contribution in [1.29, 1.82) is 0 Å². The van der Waals surface area contributed by atoms with Crippen LogP contribution < -0.4 is 0 Å². The van der Waals surface area contributed by atoms with Crippen molar-refractivity contribution in [2.45, 2.75) is 37.6 Å². The number of halogens is 3. The first-order valence-electron chi connectivity index (χ1n) is 5.94. The van der Waals surface area contributed by atoms with Crippen molar-refractivity contribution >= 4 is 10.0 Å². The van der Waals surface area contributed by atoms with Gasteiger partial charge in [-0.3, -0.25) is 0 Å². The van der Waals surface area contributed by atoms with Crippen molar-refractivity contribution in [2.24, 2.45) is 5.92 Å². The van der Waals surface area contributed by atoms with Crippen molar-refractivity contribution in [3.8, 4) is 0 Å². The molecule has 0 heterocycles. The monoisotopic (exact) mass is 285 g/mol.